The highest BCUT2D eigenvalue weighted by Gasteiger charge is 2.68. The van der Waals surface area contributed by atoms with Gasteiger partial charge in [0, 0.05) is 5.88 Å². The number of carbonyl (C=O) groups excluding carboxylic acids is 4. The number of carbonyl (C=O) groups is 4. The molecule has 3 amide bonds. The Labute approximate surface area is 158 Å². The van der Waals surface area contributed by atoms with Gasteiger partial charge in [0.1, 0.15) is 17.5 Å². The number of rotatable bonds is 3. The number of esters is 1. The van der Waals surface area contributed by atoms with Crippen LogP contribution >= 0.6 is 23.4 Å². The van der Waals surface area contributed by atoms with Crippen molar-refractivity contribution in [3.63, 3.8) is 0 Å². The summed E-state index contributed by atoms with van der Waals surface area (Å²) < 4.78 is 4.07. The molecule has 9 heteroatoms. The van der Waals surface area contributed by atoms with Crippen LogP contribution in [0.25, 0.3) is 0 Å². The van der Waals surface area contributed by atoms with Crippen LogP contribution in [-0.4, -0.2) is 68.7 Å². The molecule has 26 heavy (non-hydrogen) atoms. The summed E-state index contributed by atoms with van der Waals surface area (Å²) in [6.07, 6.45) is 0. The lowest BCUT2D eigenvalue weighted by Crippen LogP contribution is -2.71. The van der Waals surface area contributed by atoms with Crippen LogP contribution in [0.5, 0.6) is 0 Å². The van der Waals surface area contributed by atoms with E-state index in [4.69, 9.17) is 16.3 Å². The zero-order chi connectivity index (χ0) is 18.8. The van der Waals surface area contributed by atoms with Crippen LogP contribution in [0.4, 0.5) is 0 Å². The van der Waals surface area contributed by atoms with Crippen LogP contribution in [0.15, 0.2) is 24.3 Å². The molecule has 0 aromatic heterocycles. The first kappa shape index (κ1) is 17.4. The van der Waals surface area contributed by atoms with Gasteiger partial charge in [0.05, 0.1) is 23.0 Å². The van der Waals surface area contributed by atoms with Crippen molar-refractivity contribution in [2.45, 2.75) is 29.1 Å². The molecule has 0 saturated carbocycles. The number of amides is 3. The molecule has 1 aromatic rings. The molecule has 3 aliphatic heterocycles. The van der Waals surface area contributed by atoms with Gasteiger partial charge in [0.25, 0.3) is 17.7 Å². The maximum atomic E-state index is 12.8. The minimum absolute atomic E-state index is 0.118. The van der Waals surface area contributed by atoms with E-state index in [0.717, 1.165) is 4.90 Å². The second kappa shape index (κ2) is 5.72. The predicted molar refractivity (Wildman–Crippen MR) is 93.9 cm³/mol. The summed E-state index contributed by atoms with van der Waals surface area (Å²) in [7, 11) is 1.25. The average Bonchev–Trinajstić information content (AvgIpc) is 3.07. The number of alkyl halides is 1. The van der Waals surface area contributed by atoms with Crippen LogP contribution in [0.2, 0.25) is 0 Å². The van der Waals surface area contributed by atoms with Crippen molar-refractivity contribution < 1.29 is 23.9 Å². The fourth-order valence-corrected chi connectivity index (χ4v) is 5.77. The lowest BCUT2D eigenvalue weighted by Gasteiger charge is -2.46. The molecule has 7 nitrogen and oxygen atoms in total. The molecule has 4 atom stereocenters. The second-order valence-electron chi connectivity index (χ2n) is 6.60. The van der Waals surface area contributed by atoms with E-state index in [0.29, 0.717) is 0 Å². The zero-order valence-corrected chi connectivity index (χ0v) is 15.5. The molecule has 0 radical (unpaired) electrons. The summed E-state index contributed by atoms with van der Waals surface area (Å²) in [6.45, 7) is 1.78. The first-order valence-electron chi connectivity index (χ1n) is 7.96. The van der Waals surface area contributed by atoms with E-state index < -0.39 is 45.9 Å². The average molecular weight is 395 g/mol. The van der Waals surface area contributed by atoms with Crippen molar-refractivity contribution in [3.8, 4) is 0 Å². The molecule has 1 aromatic carbocycles. The Morgan fingerprint density at radius 2 is 1.81 bits per heavy atom. The van der Waals surface area contributed by atoms with Crippen LogP contribution in [0.3, 0.4) is 0 Å². The van der Waals surface area contributed by atoms with Crippen LogP contribution in [-0.2, 0) is 14.3 Å². The van der Waals surface area contributed by atoms with Gasteiger partial charge in [-0.05, 0) is 19.1 Å². The van der Waals surface area contributed by atoms with Gasteiger partial charge in [-0.2, -0.15) is 0 Å². The molecule has 3 aliphatic rings. The number of fused-ring (bicyclic) bond motifs is 2. The van der Waals surface area contributed by atoms with Crippen LogP contribution in [0, 0.1) is 0 Å². The number of benzene rings is 1. The largest absolute Gasteiger partial charge is 0.467 e. The predicted octanol–water partition coefficient (Wildman–Crippen LogP) is 1.11. The maximum Gasteiger partial charge on any atom is 0.330 e. The molecule has 0 spiro atoms. The van der Waals surface area contributed by atoms with Gasteiger partial charge in [0.15, 0.2) is 0 Å². The summed E-state index contributed by atoms with van der Waals surface area (Å²) in [4.78, 5) is 52.8. The number of hydrogen-bond acceptors (Lipinski definition) is 6. The summed E-state index contributed by atoms with van der Waals surface area (Å²) in [5.41, 5.74) is 0.577. The number of methoxy groups -OCH3 is 1. The maximum absolute atomic E-state index is 12.8. The lowest BCUT2D eigenvalue weighted by molar-refractivity contribution is -0.164. The molecule has 2 fully saturated rings. The number of hydrogen-bond donors (Lipinski definition) is 0. The minimum atomic E-state index is -0.940. The van der Waals surface area contributed by atoms with Gasteiger partial charge in [0.2, 0.25) is 0 Å². The van der Waals surface area contributed by atoms with E-state index in [1.54, 1.807) is 31.2 Å². The summed E-state index contributed by atoms with van der Waals surface area (Å²) in [6, 6.07) is 4.69. The third-order valence-electron chi connectivity index (χ3n) is 5.09. The first-order valence-corrected chi connectivity index (χ1v) is 9.38. The van der Waals surface area contributed by atoms with Gasteiger partial charge in [-0.15, -0.1) is 23.4 Å². The number of β-lactam (4-membered cyclic amide) rings is 1. The van der Waals surface area contributed by atoms with Crippen molar-refractivity contribution in [1.82, 2.24) is 9.80 Å². The Bertz CT molecular complexity index is 826. The van der Waals surface area contributed by atoms with E-state index in [1.807, 2.05) is 0 Å². The summed E-state index contributed by atoms with van der Waals surface area (Å²) in [5.74, 6) is -1.86. The molecule has 0 N–H and O–H groups in total. The SMILES string of the molecule is COC(=O)[C@@H]1N2C(=O)[C@@H](N3C(=O)c4ccccc4C3=O)[C@H]2S[C@]1(C)CCl. The number of ether oxygens (including phenoxy) is 1. The number of nitrogens with zero attached hydrogens (tertiary/aromatic N) is 2. The van der Waals surface area contributed by atoms with Crippen molar-refractivity contribution in [2.24, 2.45) is 0 Å². The minimum Gasteiger partial charge on any atom is -0.467 e. The highest BCUT2D eigenvalue weighted by Crippen LogP contribution is 2.53. The van der Waals surface area contributed by atoms with Gasteiger partial charge >= 0.3 is 5.97 Å². The standard InChI is InChI=1S/C17H15ClN2O5S/c1-17(7-18)11(16(24)25-2)20-14(23)10(15(20)26-17)19-12(21)8-5-3-4-6-9(8)13(19)22/h3-6,10-11,15H,7H2,1-2H3/t10-,11+,15-,17-/m1/s1. The number of halogens is 1. The first-order chi connectivity index (χ1) is 12.4. The van der Waals surface area contributed by atoms with Gasteiger partial charge in [-0.1, -0.05) is 12.1 Å². The Morgan fingerprint density at radius 1 is 1.23 bits per heavy atom. The summed E-state index contributed by atoms with van der Waals surface area (Å²) in [5, 5.41) is -0.516. The van der Waals surface area contributed by atoms with Crippen molar-refractivity contribution in [2.75, 3.05) is 13.0 Å². The fraction of sp³-hybridized carbons (Fsp3) is 0.412. The molecule has 0 unspecified atom stereocenters. The van der Waals surface area contributed by atoms with E-state index >= 15 is 0 Å². The van der Waals surface area contributed by atoms with Crippen molar-refractivity contribution in [1.29, 1.82) is 0 Å². The van der Waals surface area contributed by atoms with Crippen LogP contribution < -0.4 is 0 Å². The van der Waals surface area contributed by atoms with Crippen molar-refractivity contribution >= 4 is 47.1 Å². The van der Waals surface area contributed by atoms with Gasteiger partial charge in [-0.25, -0.2) is 4.79 Å². The third-order valence-corrected chi connectivity index (χ3v) is 7.44. The van der Waals surface area contributed by atoms with E-state index in [2.05, 4.69) is 0 Å². The fourth-order valence-electron chi connectivity index (χ4n) is 3.78. The Hall–Kier alpha value is -2.06. The highest BCUT2D eigenvalue weighted by molar-refractivity contribution is 8.01. The summed E-state index contributed by atoms with van der Waals surface area (Å²) >= 11 is 7.40. The molecule has 136 valence electrons. The molecule has 0 aliphatic carbocycles. The molecule has 2 saturated heterocycles. The molecular formula is C17H15ClN2O5S. The van der Waals surface area contributed by atoms with E-state index in [9.17, 15) is 19.2 Å². The highest BCUT2D eigenvalue weighted by atomic mass is 35.5. The second-order valence-corrected chi connectivity index (χ2v) is 8.52. The number of imide groups is 1. The zero-order valence-electron chi connectivity index (χ0n) is 14.0. The Balaban J connectivity index is 1.68. The van der Waals surface area contributed by atoms with Gasteiger partial charge in [-0.3, -0.25) is 19.3 Å². The lowest BCUT2D eigenvalue weighted by atomic mass is 9.95. The van der Waals surface area contributed by atoms with E-state index in [1.165, 1.54) is 23.8 Å². The molecule has 4 rings (SSSR count). The molecule has 0 bridgehead atoms. The monoisotopic (exact) mass is 394 g/mol. The third kappa shape index (κ3) is 2.02. The Morgan fingerprint density at radius 3 is 2.31 bits per heavy atom. The van der Waals surface area contributed by atoms with E-state index in [-0.39, 0.29) is 17.0 Å². The van der Waals surface area contributed by atoms with Crippen LogP contribution in [0.1, 0.15) is 27.6 Å². The number of thioether (sulfide) groups is 1. The van der Waals surface area contributed by atoms with Gasteiger partial charge < -0.3 is 9.64 Å². The quantitative estimate of drug-likeness (QED) is 0.330. The Kier molecular flexibility index (Phi) is 3.82. The smallest absolute Gasteiger partial charge is 0.330 e. The topological polar surface area (TPSA) is 84.0 Å². The molecular weight excluding hydrogens is 380 g/mol. The van der Waals surface area contributed by atoms with Crippen molar-refractivity contribution in [3.05, 3.63) is 35.4 Å². The normalized spacial score (nSPS) is 32.4. The molecule has 3 heterocycles.